The van der Waals surface area contributed by atoms with E-state index < -0.39 is 6.36 Å². The van der Waals surface area contributed by atoms with Crippen LogP contribution in [0.4, 0.5) is 13.2 Å². The van der Waals surface area contributed by atoms with E-state index in [1.54, 1.807) is 18.2 Å². The lowest BCUT2D eigenvalue weighted by Crippen LogP contribution is -2.53. The molecule has 2 atom stereocenters. The van der Waals surface area contributed by atoms with Crippen LogP contribution in [0.3, 0.4) is 0 Å². The van der Waals surface area contributed by atoms with Crippen LogP contribution in [0.2, 0.25) is 0 Å². The van der Waals surface area contributed by atoms with Crippen molar-refractivity contribution in [3.05, 3.63) is 52.4 Å². The Bertz CT molecular complexity index is 1030. The SMILES string of the molecule is CN1CCC(N2CC3CC(C2)c2c(-c4ccc(OC(F)(F)F)cc4)ccc(=O)n2C3)CC1. The maximum Gasteiger partial charge on any atom is 0.573 e. The highest BCUT2D eigenvalue weighted by atomic mass is 19.4. The third-order valence-corrected chi connectivity index (χ3v) is 7.22. The summed E-state index contributed by atoms with van der Waals surface area (Å²) in [6, 6.07) is 9.94. The number of halogens is 3. The van der Waals surface area contributed by atoms with Gasteiger partial charge in [-0.3, -0.25) is 9.69 Å². The molecule has 1 aromatic heterocycles. The molecule has 3 aliphatic rings. The molecule has 0 N–H and O–H groups in total. The predicted molar refractivity (Wildman–Crippen MR) is 116 cm³/mol. The summed E-state index contributed by atoms with van der Waals surface area (Å²) >= 11 is 0. The van der Waals surface area contributed by atoms with E-state index in [1.807, 2.05) is 10.6 Å². The Labute approximate surface area is 185 Å². The molecule has 2 bridgehead atoms. The van der Waals surface area contributed by atoms with Gasteiger partial charge in [-0.1, -0.05) is 12.1 Å². The van der Waals surface area contributed by atoms with Crippen LogP contribution in [0.25, 0.3) is 11.1 Å². The molecule has 0 aliphatic carbocycles. The van der Waals surface area contributed by atoms with Crippen molar-refractivity contribution in [1.82, 2.24) is 14.4 Å². The number of alkyl halides is 3. The Morgan fingerprint density at radius 1 is 0.969 bits per heavy atom. The number of ether oxygens (including phenoxy) is 1. The molecule has 2 aromatic rings. The standard InChI is InChI=1S/C24H28F3N3O2/c1-28-10-8-19(9-11-28)29-13-16-12-18(15-29)23-21(6-7-22(31)30(23)14-16)17-2-4-20(5-3-17)32-24(25,26)27/h2-7,16,18-19H,8-15H2,1H3. The normalized spacial score (nSPS) is 24.9. The van der Waals surface area contributed by atoms with E-state index in [4.69, 9.17) is 0 Å². The molecule has 5 rings (SSSR count). The fourth-order valence-electron chi connectivity index (χ4n) is 5.79. The maximum absolute atomic E-state index is 12.7. The molecule has 0 saturated carbocycles. The summed E-state index contributed by atoms with van der Waals surface area (Å²) in [5, 5.41) is 0. The monoisotopic (exact) mass is 447 g/mol. The van der Waals surface area contributed by atoms with Crippen molar-refractivity contribution in [1.29, 1.82) is 0 Å². The minimum absolute atomic E-state index is 0.00298. The molecule has 5 nitrogen and oxygen atoms in total. The third kappa shape index (κ3) is 4.30. The van der Waals surface area contributed by atoms with Gasteiger partial charge in [-0.25, -0.2) is 0 Å². The lowest BCUT2D eigenvalue weighted by molar-refractivity contribution is -0.274. The summed E-state index contributed by atoms with van der Waals surface area (Å²) in [4.78, 5) is 17.7. The second kappa shape index (κ2) is 8.23. The van der Waals surface area contributed by atoms with Gasteiger partial charge in [0, 0.05) is 48.9 Å². The number of pyridine rings is 1. The molecule has 0 amide bonds. The fraction of sp³-hybridized carbons (Fsp3) is 0.542. The van der Waals surface area contributed by atoms with Gasteiger partial charge in [0.25, 0.3) is 5.56 Å². The molecule has 8 heteroatoms. The van der Waals surface area contributed by atoms with E-state index in [0.717, 1.165) is 49.4 Å². The Hall–Kier alpha value is -2.32. The maximum atomic E-state index is 12.7. The number of fused-ring (bicyclic) bond motifs is 4. The van der Waals surface area contributed by atoms with Gasteiger partial charge in [0.15, 0.2) is 0 Å². The van der Waals surface area contributed by atoms with E-state index >= 15 is 0 Å². The predicted octanol–water partition coefficient (Wildman–Crippen LogP) is 3.93. The lowest BCUT2D eigenvalue weighted by atomic mass is 9.79. The molecule has 0 radical (unpaired) electrons. The summed E-state index contributed by atoms with van der Waals surface area (Å²) < 4.78 is 43.5. The minimum Gasteiger partial charge on any atom is -0.406 e. The van der Waals surface area contributed by atoms with Crippen molar-refractivity contribution >= 4 is 0 Å². The average Bonchev–Trinajstić information content (AvgIpc) is 2.74. The van der Waals surface area contributed by atoms with Crippen LogP contribution in [0.1, 0.15) is 30.9 Å². The molecular formula is C24H28F3N3O2. The number of nitrogens with zero attached hydrogens (tertiary/aromatic N) is 3. The Kier molecular flexibility index (Phi) is 5.53. The summed E-state index contributed by atoms with van der Waals surface area (Å²) in [6.45, 7) is 4.90. The fourth-order valence-corrected chi connectivity index (χ4v) is 5.79. The van der Waals surface area contributed by atoms with Crippen molar-refractivity contribution in [2.75, 3.05) is 33.2 Å². The van der Waals surface area contributed by atoms with Crippen LogP contribution in [0.15, 0.2) is 41.2 Å². The second-order valence-corrected chi connectivity index (χ2v) is 9.44. The topological polar surface area (TPSA) is 37.7 Å². The first-order valence-corrected chi connectivity index (χ1v) is 11.3. The largest absolute Gasteiger partial charge is 0.573 e. The third-order valence-electron chi connectivity index (χ3n) is 7.22. The van der Waals surface area contributed by atoms with Crippen molar-refractivity contribution in [2.45, 2.75) is 44.1 Å². The Balaban J connectivity index is 1.45. The quantitative estimate of drug-likeness (QED) is 0.715. The smallest absolute Gasteiger partial charge is 0.406 e. The first kappa shape index (κ1) is 21.5. The molecule has 2 unspecified atom stereocenters. The molecule has 0 spiro atoms. The van der Waals surface area contributed by atoms with Gasteiger partial charge in [0.1, 0.15) is 5.75 Å². The molecule has 32 heavy (non-hydrogen) atoms. The molecule has 2 saturated heterocycles. The highest BCUT2D eigenvalue weighted by Crippen LogP contribution is 2.41. The van der Waals surface area contributed by atoms with E-state index in [1.165, 1.54) is 25.0 Å². The number of aromatic nitrogens is 1. The lowest BCUT2D eigenvalue weighted by Gasteiger charge is -2.47. The first-order valence-electron chi connectivity index (χ1n) is 11.3. The van der Waals surface area contributed by atoms with Crippen LogP contribution in [0, 0.1) is 5.92 Å². The van der Waals surface area contributed by atoms with Gasteiger partial charge in [-0.2, -0.15) is 0 Å². The van der Waals surface area contributed by atoms with Crippen molar-refractivity contribution in [3.8, 4) is 16.9 Å². The number of likely N-dealkylation sites (tertiary alicyclic amines) is 2. The van der Waals surface area contributed by atoms with Crippen LogP contribution in [0.5, 0.6) is 5.75 Å². The summed E-state index contributed by atoms with van der Waals surface area (Å²) in [5.74, 6) is 0.461. The van der Waals surface area contributed by atoms with E-state index in [2.05, 4.69) is 21.6 Å². The van der Waals surface area contributed by atoms with Crippen LogP contribution < -0.4 is 10.3 Å². The van der Waals surface area contributed by atoms with Crippen LogP contribution in [-0.4, -0.2) is 60.0 Å². The average molecular weight is 448 g/mol. The van der Waals surface area contributed by atoms with Crippen LogP contribution >= 0.6 is 0 Å². The highest BCUT2D eigenvalue weighted by molar-refractivity contribution is 5.67. The second-order valence-electron chi connectivity index (χ2n) is 9.44. The van der Waals surface area contributed by atoms with Gasteiger partial charge in [-0.15, -0.1) is 13.2 Å². The molecule has 1 aromatic carbocycles. The summed E-state index contributed by atoms with van der Waals surface area (Å²) in [6.07, 6.45) is -1.32. The van der Waals surface area contributed by atoms with E-state index in [-0.39, 0.29) is 17.2 Å². The zero-order valence-corrected chi connectivity index (χ0v) is 18.1. The zero-order valence-electron chi connectivity index (χ0n) is 18.1. The Morgan fingerprint density at radius 3 is 2.38 bits per heavy atom. The van der Waals surface area contributed by atoms with E-state index in [9.17, 15) is 18.0 Å². The number of benzene rings is 1. The first-order chi connectivity index (χ1) is 15.3. The van der Waals surface area contributed by atoms with E-state index in [0.29, 0.717) is 18.5 Å². The summed E-state index contributed by atoms with van der Waals surface area (Å²) in [7, 11) is 2.17. The molecule has 4 heterocycles. The molecule has 3 aliphatic heterocycles. The highest BCUT2D eigenvalue weighted by Gasteiger charge is 2.39. The van der Waals surface area contributed by atoms with Gasteiger partial charge < -0.3 is 14.2 Å². The van der Waals surface area contributed by atoms with Gasteiger partial charge in [0.2, 0.25) is 0 Å². The molecular weight excluding hydrogens is 419 g/mol. The summed E-state index contributed by atoms with van der Waals surface area (Å²) in [5.41, 5.74) is 2.76. The van der Waals surface area contributed by atoms with Crippen molar-refractivity contribution < 1.29 is 17.9 Å². The molecule has 172 valence electrons. The van der Waals surface area contributed by atoms with Gasteiger partial charge in [0.05, 0.1) is 0 Å². The number of rotatable bonds is 3. The number of hydrogen-bond donors (Lipinski definition) is 0. The zero-order chi connectivity index (χ0) is 22.5. The van der Waals surface area contributed by atoms with Crippen LogP contribution in [-0.2, 0) is 6.54 Å². The van der Waals surface area contributed by atoms with Crippen molar-refractivity contribution in [3.63, 3.8) is 0 Å². The Morgan fingerprint density at radius 2 is 1.69 bits per heavy atom. The number of hydrogen-bond acceptors (Lipinski definition) is 4. The van der Waals surface area contributed by atoms with Crippen molar-refractivity contribution in [2.24, 2.45) is 5.92 Å². The molecule has 2 fully saturated rings. The minimum atomic E-state index is -4.71. The number of piperidine rings is 2. The van der Waals surface area contributed by atoms with Gasteiger partial charge >= 0.3 is 6.36 Å². The van der Waals surface area contributed by atoms with Gasteiger partial charge in [-0.05, 0) is 69.1 Å².